The van der Waals surface area contributed by atoms with E-state index in [4.69, 9.17) is 5.73 Å². The van der Waals surface area contributed by atoms with Gasteiger partial charge in [-0.3, -0.25) is 0 Å². The molecule has 3 rings (SSSR count). The second-order valence-electron chi connectivity index (χ2n) is 4.66. The molecule has 1 aromatic carbocycles. The first-order chi connectivity index (χ1) is 7.18. The maximum atomic E-state index is 6.31. The zero-order valence-electron chi connectivity index (χ0n) is 8.83. The van der Waals surface area contributed by atoms with E-state index in [1.807, 2.05) is 24.3 Å². The van der Waals surface area contributed by atoms with Crippen LogP contribution in [0.15, 0.2) is 24.3 Å². The number of imidazole rings is 1. The minimum absolute atomic E-state index is 0.293. The highest BCUT2D eigenvalue weighted by atomic mass is 15.0. The van der Waals surface area contributed by atoms with E-state index in [0.717, 1.165) is 16.9 Å². The van der Waals surface area contributed by atoms with Gasteiger partial charge < -0.3 is 10.7 Å². The minimum Gasteiger partial charge on any atom is -0.340 e. The largest absolute Gasteiger partial charge is 0.340 e. The van der Waals surface area contributed by atoms with Gasteiger partial charge in [-0.1, -0.05) is 12.1 Å². The maximum Gasteiger partial charge on any atom is 0.127 e. The molecule has 1 aliphatic rings. The Hall–Kier alpha value is -1.35. The third-order valence-electron chi connectivity index (χ3n) is 3.33. The van der Waals surface area contributed by atoms with Crippen molar-refractivity contribution in [3.63, 3.8) is 0 Å². The molecule has 0 amide bonds. The van der Waals surface area contributed by atoms with Gasteiger partial charge in [0.05, 0.1) is 16.6 Å². The highest BCUT2D eigenvalue weighted by Gasteiger charge is 2.41. The molecule has 1 saturated carbocycles. The average Bonchev–Trinajstić information content (AvgIpc) is 2.97. The molecule has 1 fully saturated rings. The van der Waals surface area contributed by atoms with E-state index in [1.54, 1.807) is 0 Å². The quantitative estimate of drug-likeness (QED) is 0.782. The average molecular weight is 201 g/mol. The molecule has 1 atom stereocenters. The first kappa shape index (κ1) is 8.92. The van der Waals surface area contributed by atoms with Crippen molar-refractivity contribution in [3.8, 4) is 0 Å². The Labute approximate surface area is 88.7 Å². The number of aromatic amines is 1. The van der Waals surface area contributed by atoms with Crippen LogP contribution in [0.3, 0.4) is 0 Å². The normalized spacial score (nSPS) is 20.4. The van der Waals surface area contributed by atoms with E-state index in [9.17, 15) is 0 Å². The Morgan fingerprint density at radius 2 is 2.13 bits per heavy atom. The fourth-order valence-electron chi connectivity index (χ4n) is 2.08. The van der Waals surface area contributed by atoms with Crippen LogP contribution < -0.4 is 5.73 Å². The van der Waals surface area contributed by atoms with Gasteiger partial charge in [0.2, 0.25) is 0 Å². The second kappa shape index (κ2) is 2.83. The van der Waals surface area contributed by atoms with E-state index in [2.05, 4.69) is 16.9 Å². The van der Waals surface area contributed by atoms with Gasteiger partial charge in [-0.05, 0) is 37.8 Å². The molecule has 0 radical (unpaired) electrons. The molecular weight excluding hydrogens is 186 g/mol. The predicted molar refractivity (Wildman–Crippen MR) is 60.4 cm³/mol. The number of para-hydroxylation sites is 2. The molecular formula is C12H15N3. The van der Waals surface area contributed by atoms with E-state index in [1.165, 1.54) is 12.8 Å². The van der Waals surface area contributed by atoms with Crippen LogP contribution >= 0.6 is 0 Å². The Kier molecular flexibility index (Phi) is 1.68. The minimum atomic E-state index is -0.293. The van der Waals surface area contributed by atoms with Crippen LogP contribution in [0.25, 0.3) is 11.0 Å². The van der Waals surface area contributed by atoms with E-state index in [-0.39, 0.29) is 5.54 Å². The number of hydrogen-bond donors (Lipinski definition) is 2. The van der Waals surface area contributed by atoms with Crippen molar-refractivity contribution in [2.75, 3.05) is 0 Å². The molecule has 2 aromatic rings. The van der Waals surface area contributed by atoms with Crippen LogP contribution in [0, 0.1) is 5.92 Å². The second-order valence-corrected chi connectivity index (χ2v) is 4.66. The number of fused-ring (bicyclic) bond motifs is 1. The number of benzene rings is 1. The van der Waals surface area contributed by atoms with Crippen LogP contribution in [0.4, 0.5) is 0 Å². The highest BCUT2D eigenvalue weighted by Crippen LogP contribution is 2.43. The van der Waals surface area contributed by atoms with Crippen molar-refractivity contribution in [1.29, 1.82) is 0 Å². The van der Waals surface area contributed by atoms with E-state index >= 15 is 0 Å². The van der Waals surface area contributed by atoms with Gasteiger partial charge in [-0.15, -0.1) is 0 Å². The molecule has 0 spiro atoms. The molecule has 1 unspecified atom stereocenters. The summed E-state index contributed by atoms with van der Waals surface area (Å²) in [6.07, 6.45) is 2.45. The van der Waals surface area contributed by atoms with Gasteiger partial charge >= 0.3 is 0 Å². The topological polar surface area (TPSA) is 54.7 Å². The molecule has 1 aromatic heterocycles. The van der Waals surface area contributed by atoms with Crippen molar-refractivity contribution in [2.45, 2.75) is 25.3 Å². The third-order valence-corrected chi connectivity index (χ3v) is 3.33. The van der Waals surface area contributed by atoms with Gasteiger partial charge in [-0.2, -0.15) is 0 Å². The van der Waals surface area contributed by atoms with Gasteiger partial charge in [0.15, 0.2) is 0 Å². The summed E-state index contributed by atoms with van der Waals surface area (Å²) in [4.78, 5) is 7.89. The first-order valence-corrected chi connectivity index (χ1v) is 5.42. The van der Waals surface area contributed by atoms with Crippen LogP contribution in [0.2, 0.25) is 0 Å². The number of rotatable bonds is 2. The summed E-state index contributed by atoms with van der Waals surface area (Å²) in [5.74, 6) is 1.52. The zero-order valence-corrected chi connectivity index (χ0v) is 8.83. The van der Waals surface area contributed by atoms with Crippen molar-refractivity contribution in [1.82, 2.24) is 9.97 Å². The lowest BCUT2D eigenvalue weighted by molar-refractivity contribution is 0.405. The number of nitrogens with zero attached hydrogens (tertiary/aromatic N) is 1. The summed E-state index contributed by atoms with van der Waals surface area (Å²) in [6.45, 7) is 2.07. The molecule has 1 heterocycles. The van der Waals surface area contributed by atoms with Crippen LogP contribution in [0.1, 0.15) is 25.6 Å². The Morgan fingerprint density at radius 1 is 1.40 bits per heavy atom. The molecule has 0 aliphatic heterocycles. The number of hydrogen-bond acceptors (Lipinski definition) is 2. The Balaban J connectivity index is 2.11. The molecule has 3 N–H and O–H groups in total. The smallest absolute Gasteiger partial charge is 0.127 e. The van der Waals surface area contributed by atoms with Crippen molar-refractivity contribution in [3.05, 3.63) is 30.1 Å². The van der Waals surface area contributed by atoms with Crippen molar-refractivity contribution < 1.29 is 0 Å². The van der Waals surface area contributed by atoms with Crippen molar-refractivity contribution in [2.24, 2.45) is 11.7 Å². The summed E-state index contributed by atoms with van der Waals surface area (Å²) < 4.78 is 0. The summed E-state index contributed by atoms with van der Waals surface area (Å²) >= 11 is 0. The predicted octanol–water partition coefficient (Wildman–Crippen LogP) is 2.15. The van der Waals surface area contributed by atoms with Gasteiger partial charge in [0, 0.05) is 0 Å². The summed E-state index contributed by atoms with van der Waals surface area (Å²) in [5.41, 5.74) is 8.10. The fraction of sp³-hybridized carbons (Fsp3) is 0.417. The number of H-pyrrole nitrogens is 1. The van der Waals surface area contributed by atoms with E-state index < -0.39 is 0 Å². The first-order valence-electron chi connectivity index (χ1n) is 5.42. The summed E-state index contributed by atoms with van der Waals surface area (Å²) in [5, 5.41) is 0. The van der Waals surface area contributed by atoms with Gasteiger partial charge in [0.1, 0.15) is 5.82 Å². The summed E-state index contributed by atoms with van der Waals surface area (Å²) in [6, 6.07) is 8.06. The fourth-order valence-corrected chi connectivity index (χ4v) is 2.08. The lowest BCUT2D eigenvalue weighted by atomic mass is 9.97. The molecule has 0 bridgehead atoms. The van der Waals surface area contributed by atoms with Crippen LogP contribution in [-0.4, -0.2) is 9.97 Å². The summed E-state index contributed by atoms with van der Waals surface area (Å²) in [7, 11) is 0. The Morgan fingerprint density at radius 3 is 2.80 bits per heavy atom. The monoisotopic (exact) mass is 201 g/mol. The standard InChI is InChI=1S/C12H15N3/c1-12(13,8-6-7-8)11-14-9-4-2-3-5-10(9)15-11/h2-5,8H,6-7,13H2,1H3,(H,14,15). The third kappa shape index (κ3) is 1.35. The molecule has 3 nitrogen and oxygen atoms in total. The molecule has 15 heavy (non-hydrogen) atoms. The Bertz CT molecular complexity index is 461. The number of nitrogens with one attached hydrogen (secondary N) is 1. The molecule has 3 heteroatoms. The van der Waals surface area contributed by atoms with E-state index in [0.29, 0.717) is 5.92 Å². The SMILES string of the molecule is CC(N)(c1nc2ccccc2[nH]1)C1CC1. The number of nitrogens with two attached hydrogens (primary N) is 1. The number of aromatic nitrogens is 2. The molecule has 1 aliphatic carbocycles. The van der Waals surface area contributed by atoms with Crippen LogP contribution in [-0.2, 0) is 5.54 Å². The maximum absolute atomic E-state index is 6.31. The van der Waals surface area contributed by atoms with Gasteiger partial charge in [-0.25, -0.2) is 4.98 Å². The molecule has 0 saturated heterocycles. The zero-order chi connectivity index (χ0) is 10.5. The van der Waals surface area contributed by atoms with Crippen molar-refractivity contribution >= 4 is 11.0 Å². The lowest BCUT2D eigenvalue weighted by Gasteiger charge is -2.21. The van der Waals surface area contributed by atoms with Crippen LogP contribution in [0.5, 0.6) is 0 Å². The molecule has 78 valence electrons. The lowest BCUT2D eigenvalue weighted by Crippen LogP contribution is -2.36. The highest BCUT2D eigenvalue weighted by molar-refractivity contribution is 5.74. The van der Waals surface area contributed by atoms with Gasteiger partial charge in [0.25, 0.3) is 0 Å².